The van der Waals surface area contributed by atoms with Crippen molar-refractivity contribution >= 4 is 21.3 Å². The second-order valence-corrected chi connectivity index (χ2v) is 2.83. The van der Waals surface area contributed by atoms with E-state index in [2.05, 4.69) is 5.32 Å². The van der Waals surface area contributed by atoms with E-state index in [4.69, 9.17) is 11.0 Å². The zero-order valence-electron chi connectivity index (χ0n) is 5.51. The first-order valence-electron chi connectivity index (χ1n) is 2.75. The monoisotopic (exact) mass is 153 g/mol. The fourth-order valence-electron chi connectivity index (χ4n) is 0.616. The van der Waals surface area contributed by atoms with Gasteiger partial charge in [0.15, 0.2) is 0 Å². The van der Waals surface area contributed by atoms with Crippen LogP contribution in [0.3, 0.4) is 0 Å². The summed E-state index contributed by atoms with van der Waals surface area (Å²) < 4.78 is 0. The van der Waals surface area contributed by atoms with E-state index < -0.39 is 0 Å². The van der Waals surface area contributed by atoms with E-state index in [9.17, 15) is 0 Å². The fraction of sp³-hybridized carbons (Fsp3) is 0.167. The van der Waals surface area contributed by atoms with Crippen LogP contribution < -0.4 is 11.1 Å². The Kier molecular flexibility index (Phi) is 1.78. The number of nitriles is 1. The summed E-state index contributed by atoms with van der Waals surface area (Å²) in [5, 5.41) is 12.9. The van der Waals surface area contributed by atoms with Crippen LogP contribution in [0.4, 0.5) is 10.0 Å². The van der Waals surface area contributed by atoms with E-state index in [0.29, 0.717) is 10.6 Å². The lowest BCUT2D eigenvalue weighted by Gasteiger charge is -1.86. The molecular weight excluding hydrogens is 146 g/mol. The van der Waals surface area contributed by atoms with Crippen molar-refractivity contribution < 1.29 is 0 Å². The topological polar surface area (TPSA) is 61.8 Å². The molecule has 0 atom stereocenters. The molecule has 0 saturated heterocycles. The van der Waals surface area contributed by atoms with E-state index in [0.717, 1.165) is 5.00 Å². The Morgan fingerprint density at radius 3 is 2.80 bits per heavy atom. The molecule has 0 saturated carbocycles. The number of hydrogen-bond donors (Lipinski definition) is 2. The predicted octanol–water partition coefficient (Wildman–Crippen LogP) is 1.24. The zero-order chi connectivity index (χ0) is 7.56. The van der Waals surface area contributed by atoms with E-state index >= 15 is 0 Å². The molecule has 10 heavy (non-hydrogen) atoms. The summed E-state index contributed by atoms with van der Waals surface area (Å²) in [4.78, 5) is 0. The largest absolute Gasteiger partial charge is 0.389 e. The summed E-state index contributed by atoms with van der Waals surface area (Å²) in [6, 6.07) is 3.73. The average molecular weight is 153 g/mol. The van der Waals surface area contributed by atoms with Crippen LogP contribution in [0.2, 0.25) is 0 Å². The van der Waals surface area contributed by atoms with Gasteiger partial charge in [0.25, 0.3) is 0 Å². The SMILES string of the molecule is CNc1cc(C#N)c(N)s1. The molecule has 0 fully saturated rings. The molecule has 3 N–H and O–H groups in total. The Bertz CT molecular complexity index is 271. The molecule has 52 valence electrons. The lowest BCUT2D eigenvalue weighted by atomic mass is 10.3. The summed E-state index contributed by atoms with van der Waals surface area (Å²) in [6.07, 6.45) is 0. The number of nitrogens with two attached hydrogens (primary N) is 1. The van der Waals surface area contributed by atoms with Crippen molar-refractivity contribution in [1.29, 1.82) is 5.26 Å². The molecular formula is C6H7N3S. The molecule has 1 aromatic rings. The van der Waals surface area contributed by atoms with Gasteiger partial charge in [0.2, 0.25) is 0 Å². The molecule has 0 aliphatic carbocycles. The first-order chi connectivity index (χ1) is 4.77. The third-order valence-corrected chi connectivity index (χ3v) is 2.11. The molecule has 0 radical (unpaired) electrons. The lowest BCUT2D eigenvalue weighted by Crippen LogP contribution is -1.80. The highest BCUT2D eigenvalue weighted by Gasteiger charge is 2.02. The predicted molar refractivity (Wildman–Crippen MR) is 43.0 cm³/mol. The number of nitrogens with one attached hydrogen (secondary N) is 1. The highest BCUT2D eigenvalue weighted by atomic mass is 32.1. The maximum absolute atomic E-state index is 8.48. The quantitative estimate of drug-likeness (QED) is 0.638. The van der Waals surface area contributed by atoms with E-state index in [-0.39, 0.29) is 0 Å². The molecule has 0 bridgehead atoms. The maximum Gasteiger partial charge on any atom is 0.106 e. The van der Waals surface area contributed by atoms with Crippen molar-refractivity contribution in [2.24, 2.45) is 0 Å². The number of hydrogen-bond acceptors (Lipinski definition) is 4. The minimum Gasteiger partial charge on any atom is -0.389 e. The number of rotatable bonds is 1. The maximum atomic E-state index is 8.48. The summed E-state index contributed by atoms with van der Waals surface area (Å²) in [5.41, 5.74) is 6.03. The molecule has 0 aromatic carbocycles. The third kappa shape index (κ3) is 1.04. The minimum atomic E-state index is 0.550. The molecule has 0 aliphatic rings. The van der Waals surface area contributed by atoms with Gasteiger partial charge in [-0.25, -0.2) is 0 Å². The average Bonchev–Trinajstić information content (AvgIpc) is 2.30. The van der Waals surface area contributed by atoms with Gasteiger partial charge in [-0.05, 0) is 6.07 Å². The van der Waals surface area contributed by atoms with Crippen LogP contribution >= 0.6 is 11.3 Å². The highest BCUT2D eigenvalue weighted by molar-refractivity contribution is 7.20. The van der Waals surface area contributed by atoms with Gasteiger partial charge in [-0.15, -0.1) is 11.3 Å². The molecule has 4 heteroatoms. The Hall–Kier alpha value is -1.21. The smallest absolute Gasteiger partial charge is 0.106 e. The first kappa shape index (κ1) is 6.90. The van der Waals surface area contributed by atoms with Gasteiger partial charge in [-0.3, -0.25) is 0 Å². The molecule has 3 nitrogen and oxygen atoms in total. The van der Waals surface area contributed by atoms with Crippen molar-refractivity contribution in [3.8, 4) is 6.07 Å². The molecule has 1 rings (SSSR count). The van der Waals surface area contributed by atoms with Crippen LogP contribution in [0, 0.1) is 11.3 Å². The Balaban J connectivity index is 3.07. The van der Waals surface area contributed by atoms with Crippen molar-refractivity contribution in [2.45, 2.75) is 0 Å². The van der Waals surface area contributed by atoms with Gasteiger partial charge in [0, 0.05) is 7.05 Å². The zero-order valence-corrected chi connectivity index (χ0v) is 6.33. The summed E-state index contributed by atoms with van der Waals surface area (Å²) in [7, 11) is 1.80. The lowest BCUT2D eigenvalue weighted by molar-refractivity contribution is 1.50. The Labute approximate surface area is 63.1 Å². The second-order valence-electron chi connectivity index (χ2n) is 1.75. The van der Waals surface area contributed by atoms with Gasteiger partial charge >= 0.3 is 0 Å². The number of nitrogens with zero attached hydrogens (tertiary/aromatic N) is 1. The van der Waals surface area contributed by atoms with Crippen LogP contribution in [-0.2, 0) is 0 Å². The van der Waals surface area contributed by atoms with Crippen LogP contribution in [0.1, 0.15) is 5.56 Å². The van der Waals surface area contributed by atoms with E-state index in [1.165, 1.54) is 11.3 Å². The minimum absolute atomic E-state index is 0.550. The Morgan fingerprint density at radius 2 is 2.50 bits per heavy atom. The number of nitrogen functional groups attached to an aromatic ring is 1. The van der Waals surface area contributed by atoms with Crippen molar-refractivity contribution in [2.75, 3.05) is 18.1 Å². The van der Waals surface area contributed by atoms with Crippen LogP contribution in [0.5, 0.6) is 0 Å². The first-order valence-corrected chi connectivity index (χ1v) is 3.56. The van der Waals surface area contributed by atoms with Gasteiger partial charge in [0.1, 0.15) is 11.1 Å². The van der Waals surface area contributed by atoms with Gasteiger partial charge in [0.05, 0.1) is 10.6 Å². The molecule has 1 heterocycles. The summed E-state index contributed by atoms with van der Waals surface area (Å²) in [6.45, 7) is 0. The van der Waals surface area contributed by atoms with Crippen LogP contribution in [0.15, 0.2) is 6.07 Å². The van der Waals surface area contributed by atoms with Gasteiger partial charge < -0.3 is 11.1 Å². The Morgan fingerprint density at radius 1 is 1.80 bits per heavy atom. The summed E-state index contributed by atoms with van der Waals surface area (Å²) >= 11 is 1.38. The molecule has 0 spiro atoms. The molecule has 0 unspecified atom stereocenters. The van der Waals surface area contributed by atoms with Crippen molar-refractivity contribution in [1.82, 2.24) is 0 Å². The normalized spacial score (nSPS) is 8.80. The standard InChI is InChI=1S/C6H7N3S/c1-9-5-2-4(3-7)6(8)10-5/h2,9H,8H2,1H3. The van der Waals surface area contributed by atoms with Crippen LogP contribution in [0.25, 0.3) is 0 Å². The fourth-order valence-corrected chi connectivity index (χ4v) is 1.35. The van der Waals surface area contributed by atoms with Gasteiger partial charge in [-0.2, -0.15) is 5.26 Å². The van der Waals surface area contributed by atoms with Crippen molar-refractivity contribution in [3.05, 3.63) is 11.6 Å². The third-order valence-electron chi connectivity index (χ3n) is 1.13. The molecule has 0 aliphatic heterocycles. The molecule has 0 amide bonds. The van der Waals surface area contributed by atoms with Gasteiger partial charge in [-0.1, -0.05) is 0 Å². The summed E-state index contributed by atoms with van der Waals surface area (Å²) in [5.74, 6) is 0. The number of thiophene rings is 1. The van der Waals surface area contributed by atoms with E-state index in [1.807, 2.05) is 6.07 Å². The highest BCUT2D eigenvalue weighted by Crippen LogP contribution is 2.27. The van der Waals surface area contributed by atoms with Crippen molar-refractivity contribution in [3.63, 3.8) is 0 Å². The number of anilines is 2. The van der Waals surface area contributed by atoms with Crippen LogP contribution in [-0.4, -0.2) is 7.05 Å². The second kappa shape index (κ2) is 2.58. The van der Waals surface area contributed by atoms with E-state index in [1.54, 1.807) is 13.1 Å². The molecule has 1 aromatic heterocycles.